The molecular formula is C53H61N3O. The molecule has 0 amide bonds. The summed E-state index contributed by atoms with van der Waals surface area (Å²) >= 11 is 0. The Balaban J connectivity index is 1.60. The quantitative estimate of drug-likeness (QED) is 0.190. The number of aromatic hydroxyl groups is 1. The summed E-state index contributed by atoms with van der Waals surface area (Å²) in [5.74, 6) is 1.20. The molecule has 0 saturated carbocycles. The van der Waals surface area contributed by atoms with E-state index in [-0.39, 0.29) is 33.3 Å². The molecule has 0 fully saturated rings. The number of hydrogen-bond donors (Lipinski definition) is 1. The molecule has 0 atom stereocenters. The topological polar surface area (TPSA) is 50.9 Å². The summed E-state index contributed by atoms with van der Waals surface area (Å²) in [6, 6.07) is 35.4. The Morgan fingerprint density at radius 1 is 0.526 bits per heavy atom. The minimum absolute atomic E-state index is 0.0126. The maximum Gasteiger partial charge on any atom is 0.149 e. The molecule has 2 aromatic heterocycles. The molecule has 0 aliphatic rings. The Bertz CT molecular complexity index is 2630. The van der Waals surface area contributed by atoms with Gasteiger partial charge in [0, 0.05) is 28.4 Å². The lowest BCUT2D eigenvalue weighted by molar-refractivity contribution is 0.475. The zero-order chi connectivity index (χ0) is 41.4. The van der Waals surface area contributed by atoms with Crippen LogP contribution in [0.5, 0.6) is 5.75 Å². The molecule has 0 spiro atoms. The first-order valence-corrected chi connectivity index (χ1v) is 20.6. The van der Waals surface area contributed by atoms with Crippen LogP contribution in [0.4, 0.5) is 0 Å². The smallest absolute Gasteiger partial charge is 0.149 e. The van der Waals surface area contributed by atoms with Crippen molar-refractivity contribution in [1.29, 1.82) is 0 Å². The lowest BCUT2D eigenvalue weighted by atomic mass is 9.81. The van der Waals surface area contributed by atoms with Crippen LogP contribution in [0.25, 0.3) is 61.3 Å². The van der Waals surface area contributed by atoms with Crippen LogP contribution in [0.1, 0.15) is 131 Å². The van der Waals surface area contributed by atoms with Crippen LogP contribution in [-0.2, 0) is 21.7 Å². The van der Waals surface area contributed by atoms with Gasteiger partial charge in [-0.25, -0.2) is 4.98 Å². The number of phenolic OH excluding ortho intramolecular Hbond substituents is 1. The number of pyridine rings is 1. The highest BCUT2D eigenvalue weighted by molar-refractivity contribution is 5.99. The van der Waals surface area contributed by atoms with Gasteiger partial charge in [-0.1, -0.05) is 133 Å². The number of aromatic nitrogens is 3. The Labute approximate surface area is 341 Å². The lowest BCUT2D eigenvalue weighted by Gasteiger charge is -2.24. The third kappa shape index (κ3) is 7.76. The fraction of sp³-hybridized carbons (Fsp3) is 0.358. The summed E-state index contributed by atoms with van der Waals surface area (Å²) in [4.78, 5) is 10.5. The normalized spacial score (nSPS) is 13.0. The average Bonchev–Trinajstić information content (AvgIpc) is 3.51. The van der Waals surface area contributed by atoms with Gasteiger partial charge < -0.3 is 5.11 Å². The van der Waals surface area contributed by atoms with Crippen molar-refractivity contribution in [2.24, 2.45) is 0 Å². The Kier molecular flexibility index (Phi) is 9.83. The molecule has 0 unspecified atom stereocenters. The van der Waals surface area contributed by atoms with E-state index in [4.69, 9.17) is 9.97 Å². The zero-order valence-corrected chi connectivity index (χ0v) is 36.7. The largest absolute Gasteiger partial charge is 0.507 e. The molecule has 7 aromatic rings. The van der Waals surface area contributed by atoms with E-state index in [1.54, 1.807) is 0 Å². The molecule has 4 heteroatoms. The van der Waals surface area contributed by atoms with E-state index in [0.717, 1.165) is 66.8 Å². The highest BCUT2D eigenvalue weighted by Crippen LogP contribution is 2.44. The Morgan fingerprint density at radius 3 is 1.65 bits per heavy atom. The standard InChI is InChI=1S/C53H61N3O/c1-32(2)34-28-42(35-24-36(27-39(26-35)52(9,10)11)43-31-40(53(12,13)14)25-33-16-15-23-54-47(33)43)48-45(29-34)56(41-20-17-37(18-21-41)50(3,4)5)49(55-48)44-30-38(51(6,7)8)19-22-46(44)57/h15-32,57H,1-14H3. The summed E-state index contributed by atoms with van der Waals surface area (Å²) < 4.78 is 2.26. The maximum absolute atomic E-state index is 11.6. The highest BCUT2D eigenvalue weighted by atomic mass is 16.3. The van der Waals surface area contributed by atoms with Crippen molar-refractivity contribution < 1.29 is 5.11 Å². The molecule has 5 aromatic carbocycles. The van der Waals surface area contributed by atoms with E-state index in [0.29, 0.717) is 0 Å². The molecule has 0 radical (unpaired) electrons. The van der Waals surface area contributed by atoms with Crippen molar-refractivity contribution >= 4 is 21.9 Å². The second-order valence-electron chi connectivity index (χ2n) is 20.5. The molecule has 294 valence electrons. The first kappa shape index (κ1) is 40.0. The van der Waals surface area contributed by atoms with Crippen molar-refractivity contribution in [3.8, 4) is 45.1 Å². The summed E-state index contributed by atoms with van der Waals surface area (Å²) in [6.07, 6.45) is 1.90. The number of benzene rings is 5. The van der Waals surface area contributed by atoms with Gasteiger partial charge in [0.05, 0.1) is 22.1 Å². The predicted molar refractivity (Wildman–Crippen MR) is 243 cm³/mol. The van der Waals surface area contributed by atoms with E-state index in [9.17, 15) is 5.11 Å². The van der Waals surface area contributed by atoms with Crippen molar-refractivity contribution in [1.82, 2.24) is 14.5 Å². The third-order valence-corrected chi connectivity index (χ3v) is 11.5. The molecular weight excluding hydrogens is 695 g/mol. The minimum Gasteiger partial charge on any atom is -0.507 e. The summed E-state index contributed by atoms with van der Waals surface area (Å²) in [7, 11) is 0. The van der Waals surface area contributed by atoms with Crippen LogP contribution >= 0.6 is 0 Å². The Morgan fingerprint density at radius 2 is 1.07 bits per heavy atom. The van der Waals surface area contributed by atoms with E-state index in [1.807, 2.05) is 24.4 Å². The van der Waals surface area contributed by atoms with Crippen LogP contribution in [0.2, 0.25) is 0 Å². The molecule has 57 heavy (non-hydrogen) atoms. The van der Waals surface area contributed by atoms with Crippen LogP contribution in [0.15, 0.2) is 103 Å². The van der Waals surface area contributed by atoms with Gasteiger partial charge in [0.2, 0.25) is 0 Å². The van der Waals surface area contributed by atoms with Gasteiger partial charge in [0.15, 0.2) is 0 Å². The zero-order valence-electron chi connectivity index (χ0n) is 36.7. The molecule has 0 bridgehead atoms. The van der Waals surface area contributed by atoms with E-state index < -0.39 is 0 Å². The van der Waals surface area contributed by atoms with Crippen LogP contribution in [0, 0.1) is 0 Å². The lowest BCUT2D eigenvalue weighted by Crippen LogP contribution is -2.12. The third-order valence-electron chi connectivity index (χ3n) is 11.5. The van der Waals surface area contributed by atoms with Gasteiger partial charge in [-0.15, -0.1) is 0 Å². The summed E-state index contributed by atoms with van der Waals surface area (Å²) in [5, 5.41) is 12.8. The number of phenols is 1. The first-order chi connectivity index (χ1) is 26.5. The van der Waals surface area contributed by atoms with E-state index in [1.165, 1.54) is 22.3 Å². The molecule has 0 saturated heterocycles. The van der Waals surface area contributed by atoms with Gasteiger partial charge in [-0.3, -0.25) is 9.55 Å². The maximum atomic E-state index is 11.6. The van der Waals surface area contributed by atoms with Crippen molar-refractivity contribution in [3.63, 3.8) is 0 Å². The first-order valence-electron chi connectivity index (χ1n) is 20.6. The minimum atomic E-state index is -0.122. The Hall–Kier alpha value is -5.22. The molecule has 1 N–H and O–H groups in total. The van der Waals surface area contributed by atoms with Crippen molar-refractivity contribution in [3.05, 3.63) is 131 Å². The number of hydrogen-bond acceptors (Lipinski definition) is 3. The van der Waals surface area contributed by atoms with Crippen molar-refractivity contribution in [2.45, 2.75) is 125 Å². The van der Waals surface area contributed by atoms with Gasteiger partial charge in [0.25, 0.3) is 0 Å². The van der Waals surface area contributed by atoms with Crippen LogP contribution in [0.3, 0.4) is 0 Å². The number of fused-ring (bicyclic) bond motifs is 2. The molecule has 4 nitrogen and oxygen atoms in total. The average molecular weight is 756 g/mol. The summed E-state index contributed by atoms with van der Waals surface area (Å²) in [6.45, 7) is 31.6. The van der Waals surface area contributed by atoms with Crippen LogP contribution < -0.4 is 0 Å². The van der Waals surface area contributed by atoms with Gasteiger partial charge in [-0.05, 0) is 127 Å². The van der Waals surface area contributed by atoms with Gasteiger partial charge in [-0.2, -0.15) is 0 Å². The summed E-state index contributed by atoms with van der Waals surface area (Å²) in [5.41, 5.74) is 15.0. The molecule has 0 aliphatic heterocycles. The van der Waals surface area contributed by atoms with Gasteiger partial charge >= 0.3 is 0 Å². The number of imidazole rings is 1. The van der Waals surface area contributed by atoms with Crippen LogP contribution in [-0.4, -0.2) is 19.6 Å². The predicted octanol–water partition coefficient (Wildman–Crippen LogP) is 14.6. The second kappa shape index (κ2) is 14.0. The fourth-order valence-corrected chi connectivity index (χ4v) is 7.70. The molecule has 0 aliphatic carbocycles. The monoisotopic (exact) mass is 755 g/mol. The van der Waals surface area contributed by atoms with E-state index in [2.05, 4.69) is 180 Å². The van der Waals surface area contributed by atoms with Crippen molar-refractivity contribution in [2.75, 3.05) is 0 Å². The van der Waals surface area contributed by atoms with Gasteiger partial charge in [0.1, 0.15) is 11.6 Å². The number of rotatable bonds is 5. The molecule has 7 rings (SSSR count). The number of nitrogens with zero attached hydrogens (tertiary/aromatic N) is 3. The van der Waals surface area contributed by atoms with E-state index >= 15 is 0 Å². The second-order valence-corrected chi connectivity index (χ2v) is 20.5. The molecule has 2 heterocycles. The SMILES string of the molecule is CC(C)c1cc(-c2cc(-c3cc(C(C)(C)C)cc4cccnc34)cc(C(C)(C)C)c2)c2nc(-c3cc(C(C)(C)C)ccc3O)n(-c3ccc(C(C)(C)C)cc3)c2c1. The highest BCUT2D eigenvalue weighted by Gasteiger charge is 2.26. The fourth-order valence-electron chi connectivity index (χ4n) is 7.70.